The molecule has 1 heterocycles. The summed E-state index contributed by atoms with van der Waals surface area (Å²) in [6, 6.07) is 0. The summed E-state index contributed by atoms with van der Waals surface area (Å²) < 4.78 is 0. The minimum absolute atomic E-state index is 0.565. The average molecular weight is 269 g/mol. The Hall–Kier alpha value is -0.570. The maximum Gasteiger partial charge on any atom is 0.309 e. The van der Waals surface area contributed by atoms with Crippen molar-refractivity contribution in [3.63, 3.8) is 0 Å². The zero-order valence-corrected chi connectivity index (χ0v) is 13.1. The molecule has 3 nitrogen and oxygen atoms in total. The predicted octanol–water partition coefficient (Wildman–Crippen LogP) is 3.64. The lowest BCUT2D eigenvalue weighted by molar-refractivity contribution is -0.147. The van der Waals surface area contributed by atoms with E-state index in [0.717, 1.165) is 37.6 Å². The smallest absolute Gasteiger partial charge is 0.309 e. The third kappa shape index (κ3) is 5.52. The molecule has 0 unspecified atom stereocenters. The lowest BCUT2D eigenvalue weighted by Gasteiger charge is -2.34. The Labute approximate surface area is 118 Å². The van der Waals surface area contributed by atoms with Gasteiger partial charge in [-0.2, -0.15) is 0 Å². The Kier molecular flexibility index (Phi) is 6.31. The second-order valence-electron chi connectivity index (χ2n) is 7.07. The van der Waals surface area contributed by atoms with Crippen LogP contribution in [0, 0.1) is 17.3 Å². The van der Waals surface area contributed by atoms with Gasteiger partial charge in [-0.25, -0.2) is 0 Å². The highest BCUT2D eigenvalue weighted by atomic mass is 16.4. The monoisotopic (exact) mass is 269 g/mol. The fourth-order valence-corrected chi connectivity index (χ4v) is 2.85. The second-order valence-corrected chi connectivity index (χ2v) is 7.07. The number of rotatable bonds is 7. The number of carboxylic acid groups (broad SMARTS) is 1. The number of piperidine rings is 1. The molecule has 0 aromatic carbocycles. The van der Waals surface area contributed by atoms with E-state index in [0.29, 0.717) is 0 Å². The molecule has 0 atom stereocenters. The van der Waals surface area contributed by atoms with Gasteiger partial charge in [0.15, 0.2) is 0 Å². The summed E-state index contributed by atoms with van der Waals surface area (Å²) in [6.45, 7) is 11.9. The first kappa shape index (κ1) is 16.5. The van der Waals surface area contributed by atoms with Crippen LogP contribution < -0.4 is 0 Å². The Morgan fingerprint density at radius 2 is 1.84 bits per heavy atom. The Balaban J connectivity index is 2.13. The van der Waals surface area contributed by atoms with E-state index in [1.54, 1.807) is 0 Å². The van der Waals surface area contributed by atoms with Crippen LogP contribution in [0.4, 0.5) is 0 Å². The molecule has 0 spiro atoms. The molecule has 0 radical (unpaired) electrons. The van der Waals surface area contributed by atoms with Gasteiger partial charge in [-0.15, -0.1) is 0 Å². The highest BCUT2D eigenvalue weighted by Gasteiger charge is 2.26. The first-order chi connectivity index (χ1) is 8.83. The van der Waals surface area contributed by atoms with E-state index >= 15 is 0 Å². The number of aliphatic carboxylic acids is 1. The van der Waals surface area contributed by atoms with Crippen molar-refractivity contribution in [2.75, 3.05) is 19.6 Å². The van der Waals surface area contributed by atoms with Crippen molar-refractivity contribution >= 4 is 5.97 Å². The quantitative estimate of drug-likeness (QED) is 0.717. The second kappa shape index (κ2) is 7.28. The molecule has 1 N–H and O–H groups in total. The van der Waals surface area contributed by atoms with Crippen LogP contribution in [-0.4, -0.2) is 35.6 Å². The number of nitrogens with zero attached hydrogens (tertiary/aromatic N) is 1. The molecule has 3 heteroatoms. The van der Waals surface area contributed by atoms with Crippen LogP contribution in [0.2, 0.25) is 0 Å². The molecule has 1 aliphatic rings. The first-order valence-electron chi connectivity index (χ1n) is 7.78. The van der Waals surface area contributed by atoms with Gasteiger partial charge in [0.1, 0.15) is 0 Å². The van der Waals surface area contributed by atoms with Gasteiger partial charge in [0.25, 0.3) is 0 Å². The van der Waals surface area contributed by atoms with Crippen molar-refractivity contribution in [1.29, 1.82) is 0 Å². The SMILES string of the molecule is CC(C)C1CCN(CCCCC(C)(C)C(=O)O)CC1. The predicted molar refractivity (Wildman–Crippen MR) is 79.3 cm³/mol. The topological polar surface area (TPSA) is 40.5 Å². The number of hydrogen-bond acceptors (Lipinski definition) is 2. The van der Waals surface area contributed by atoms with Gasteiger partial charge < -0.3 is 10.0 Å². The number of hydrogen-bond donors (Lipinski definition) is 1. The van der Waals surface area contributed by atoms with Crippen molar-refractivity contribution in [3.05, 3.63) is 0 Å². The van der Waals surface area contributed by atoms with Crippen LogP contribution in [0.3, 0.4) is 0 Å². The molecule has 0 aromatic heterocycles. The summed E-state index contributed by atoms with van der Waals surface area (Å²) in [4.78, 5) is 13.6. The van der Waals surface area contributed by atoms with E-state index < -0.39 is 11.4 Å². The van der Waals surface area contributed by atoms with Crippen molar-refractivity contribution in [2.45, 2.75) is 59.8 Å². The van der Waals surface area contributed by atoms with E-state index in [1.165, 1.54) is 25.9 Å². The Morgan fingerprint density at radius 3 is 2.32 bits per heavy atom. The molecule has 0 aromatic rings. The molecule has 1 saturated heterocycles. The van der Waals surface area contributed by atoms with Crippen molar-refractivity contribution in [2.24, 2.45) is 17.3 Å². The zero-order chi connectivity index (χ0) is 14.5. The maximum atomic E-state index is 11.0. The van der Waals surface area contributed by atoms with Crippen LogP contribution >= 0.6 is 0 Å². The fraction of sp³-hybridized carbons (Fsp3) is 0.938. The third-order valence-corrected chi connectivity index (χ3v) is 4.68. The summed E-state index contributed by atoms with van der Waals surface area (Å²) in [5, 5.41) is 9.06. The fourth-order valence-electron chi connectivity index (χ4n) is 2.85. The molecular formula is C16H31NO2. The molecule has 0 amide bonds. The average Bonchev–Trinajstić information content (AvgIpc) is 2.35. The lowest BCUT2D eigenvalue weighted by atomic mass is 9.86. The van der Waals surface area contributed by atoms with Gasteiger partial charge in [-0.3, -0.25) is 4.79 Å². The van der Waals surface area contributed by atoms with Gasteiger partial charge in [-0.05, 0) is 71.0 Å². The molecule has 19 heavy (non-hydrogen) atoms. The van der Waals surface area contributed by atoms with Gasteiger partial charge >= 0.3 is 5.97 Å². The molecule has 1 fully saturated rings. The molecule has 0 saturated carbocycles. The van der Waals surface area contributed by atoms with Gasteiger partial charge in [0.2, 0.25) is 0 Å². The highest BCUT2D eigenvalue weighted by molar-refractivity contribution is 5.73. The first-order valence-corrected chi connectivity index (χ1v) is 7.78. The molecular weight excluding hydrogens is 238 g/mol. The summed E-state index contributed by atoms with van der Waals surface area (Å²) in [5.74, 6) is 1.05. The minimum atomic E-state index is -0.676. The standard InChI is InChI=1S/C16H31NO2/c1-13(2)14-7-11-17(12-8-14)10-6-5-9-16(3,4)15(18)19/h13-14H,5-12H2,1-4H3,(H,18,19). The van der Waals surface area contributed by atoms with Crippen molar-refractivity contribution < 1.29 is 9.90 Å². The van der Waals surface area contributed by atoms with E-state index in [9.17, 15) is 4.79 Å². The third-order valence-electron chi connectivity index (χ3n) is 4.68. The number of unbranched alkanes of at least 4 members (excludes halogenated alkanes) is 1. The van der Waals surface area contributed by atoms with Crippen LogP contribution in [-0.2, 0) is 4.79 Å². The van der Waals surface area contributed by atoms with Crippen LogP contribution in [0.15, 0.2) is 0 Å². The molecule has 0 bridgehead atoms. The van der Waals surface area contributed by atoms with E-state index in [4.69, 9.17) is 5.11 Å². The minimum Gasteiger partial charge on any atom is -0.481 e. The van der Waals surface area contributed by atoms with Crippen LogP contribution in [0.5, 0.6) is 0 Å². The summed E-state index contributed by atoms with van der Waals surface area (Å²) >= 11 is 0. The van der Waals surface area contributed by atoms with Crippen molar-refractivity contribution in [1.82, 2.24) is 4.90 Å². The highest BCUT2D eigenvalue weighted by Crippen LogP contribution is 2.26. The molecule has 112 valence electrons. The number of likely N-dealkylation sites (tertiary alicyclic amines) is 1. The van der Waals surface area contributed by atoms with Gasteiger partial charge in [-0.1, -0.05) is 20.3 Å². The summed E-state index contributed by atoms with van der Waals surface area (Å²) in [5.41, 5.74) is -0.565. The summed E-state index contributed by atoms with van der Waals surface area (Å²) in [7, 11) is 0. The Morgan fingerprint density at radius 1 is 1.26 bits per heavy atom. The maximum absolute atomic E-state index is 11.0. The largest absolute Gasteiger partial charge is 0.481 e. The van der Waals surface area contributed by atoms with Gasteiger partial charge in [0, 0.05) is 0 Å². The Bertz CT molecular complexity index is 278. The molecule has 1 rings (SSSR count). The van der Waals surface area contributed by atoms with Crippen molar-refractivity contribution in [3.8, 4) is 0 Å². The zero-order valence-electron chi connectivity index (χ0n) is 13.1. The molecule has 0 aliphatic carbocycles. The van der Waals surface area contributed by atoms with E-state index in [2.05, 4.69) is 18.7 Å². The van der Waals surface area contributed by atoms with E-state index in [-0.39, 0.29) is 0 Å². The lowest BCUT2D eigenvalue weighted by Crippen LogP contribution is -2.36. The van der Waals surface area contributed by atoms with Crippen LogP contribution in [0.25, 0.3) is 0 Å². The number of carbonyl (C=O) groups is 1. The molecule has 1 aliphatic heterocycles. The van der Waals surface area contributed by atoms with Crippen LogP contribution in [0.1, 0.15) is 59.8 Å². The van der Waals surface area contributed by atoms with Gasteiger partial charge in [0.05, 0.1) is 5.41 Å². The summed E-state index contributed by atoms with van der Waals surface area (Å²) in [6.07, 6.45) is 5.59. The normalized spacial score (nSPS) is 19.0. The van der Waals surface area contributed by atoms with E-state index in [1.807, 2.05) is 13.8 Å². The number of carboxylic acids is 1.